The topological polar surface area (TPSA) is 142 Å². The molecule has 0 aliphatic rings. The number of halogens is 8. The number of aryl methyl sites for hydroxylation is 1. The number of nitrogens with zero attached hydrogens (tertiary/aromatic N) is 7. The van der Waals surface area contributed by atoms with Crippen molar-refractivity contribution in [3.8, 4) is 5.75 Å². The van der Waals surface area contributed by atoms with Crippen LogP contribution in [0.2, 0.25) is 0 Å². The zero-order chi connectivity index (χ0) is 32.8. The zero-order valence-corrected chi connectivity index (χ0v) is 22.6. The first-order valence-electron chi connectivity index (χ1n) is 12.7. The molecule has 0 spiro atoms. The van der Waals surface area contributed by atoms with E-state index in [0.29, 0.717) is 6.20 Å². The van der Waals surface area contributed by atoms with Crippen LogP contribution in [-0.2, 0) is 32.4 Å². The molecular formula is C25H21F8N9O3. The van der Waals surface area contributed by atoms with Crippen molar-refractivity contribution < 1.29 is 49.4 Å². The fraction of sp³-hybridized carbons (Fsp3) is 0.320. The van der Waals surface area contributed by atoms with Crippen LogP contribution in [-0.4, -0.2) is 59.3 Å². The lowest BCUT2D eigenvalue weighted by atomic mass is 10.2. The minimum Gasteiger partial charge on any atom is -0.406 e. The average Bonchev–Trinajstić information content (AvgIpc) is 3.64. The number of ether oxygens (including phenoxy) is 1. The summed E-state index contributed by atoms with van der Waals surface area (Å²) in [5.74, 6) is -3.09. The number of alkyl halides is 7. The molecule has 1 aromatic carbocycles. The van der Waals surface area contributed by atoms with E-state index in [1.807, 2.05) is 0 Å². The molecule has 0 aliphatic carbocycles. The van der Waals surface area contributed by atoms with Crippen molar-refractivity contribution in [1.29, 1.82) is 0 Å². The molecule has 2 N–H and O–H groups in total. The Morgan fingerprint density at radius 2 is 1.53 bits per heavy atom. The van der Waals surface area contributed by atoms with Gasteiger partial charge in [-0.15, -0.1) is 23.4 Å². The van der Waals surface area contributed by atoms with Crippen molar-refractivity contribution in [2.45, 2.75) is 51.3 Å². The van der Waals surface area contributed by atoms with Crippen LogP contribution in [0.1, 0.15) is 44.2 Å². The molecule has 0 saturated heterocycles. The molecule has 0 saturated carbocycles. The van der Waals surface area contributed by atoms with Crippen molar-refractivity contribution in [3.05, 3.63) is 82.9 Å². The molecule has 2 amide bonds. The Labute approximate surface area is 247 Å². The smallest absolute Gasteiger partial charge is 0.406 e. The van der Waals surface area contributed by atoms with E-state index in [9.17, 15) is 44.7 Å². The molecule has 3 aromatic heterocycles. The second-order valence-electron chi connectivity index (χ2n) is 9.28. The number of nitrogens with one attached hydrogen (secondary N) is 2. The van der Waals surface area contributed by atoms with Crippen LogP contribution in [0.4, 0.5) is 35.1 Å². The van der Waals surface area contributed by atoms with Gasteiger partial charge < -0.3 is 15.4 Å². The lowest BCUT2D eigenvalue weighted by molar-refractivity contribution is -0.274. The highest BCUT2D eigenvalue weighted by Crippen LogP contribution is 2.28. The van der Waals surface area contributed by atoms with Gasteiger partial charge in [0.2, 0.25) is 0 Å². The molecule has 0 aliphatic heterocycles. The van der Waals surface area contributed by atoms with E-state index in [4.69, 9.17) is 0 Å². The molecular weight excluding hydrogens is 626 g/mol. The van der Waals surface area contributed by atoms with Gasteiger partial charge in [0.05, 0.1) is 36.7 Å². The van der Waals surface area contributed by atoms with Gasteiger partial charge in [-0.1, -0.05) is 10.4 Å². The van der Waals surface area contributed by atoms with Gasteiger partial charge in [-0.3, -0.25) is 19.3 Å². The Balaban J connectivity index is 1.21. The Hall–Kier alpha value is -5.17. The highest BCUT2D eigenvalue weighted by atomic mass is 19.4. The summed E-state index contributed by atoms with van der Waals surface area (Å²) >= 11 is 0. The van der Waals surface area contributed by atoms with Crippen LogP contribution in [0.15, 0.2) is 48.9 Å². The number of rotatable bonds is 12. The van der Waals surface area contributed by atoms with Gasteiger partial charge in [0.25, 0.3) is 11.8 Å². The first-order valence-corrected chi connectivity index (χ1v) is 12.7. The number of amides is 2. The van der Waals surface area contributed by atoms with Gasteiger partial charge >= 0.3 is 12.5 Å². The third-order valence-corrected chi connectivity index (χ3v) is 5.87. The van der Waals surface area contributed by atoms with E-state index in [1.54, 1.807) is 0 Å². The monoisotopic (exact) mass is 647 g/mol. The normalized spacial score (nSPS) is 12.5. The molecule has 0 radical (unpaired) electrons. The van der Waals surface area contributed by atoms with E-state index in [2.05, 4.69) is 41.0 Å². The van der Waals surface area contributed by atoms with Crippen LogP contribution in [0.3, 0.4) is 0 Å². The van der Waals surface area contributed by atoms with Gasteiger partial charge in [0.15, 0.2) is 11.4 Å². The summed E-state index contributed by atoms with van der Waals surface area (Å²) in [6, 6.07) is 4.26. The van der Waals surface area contributed by atoms with E-state index in [-0.39, 0.29) is 48.7 Å². The van der Waals surface area contributed by atoms with Gasteiger partial charge in [0, 0.05) is 31.3 Å². The summed E-state index contributed by atoms with van der Waals surface area (Å²) in [5.41, 5.74) is -1.42. The van der Waals surface area contributed by atoms with Crippen LogP contribution in [0.5, 0.6) is 5.75 Å². The van der Waals surface area contributed by atoms with Crippen LogP contribution >= 0.6 is 0 Å². The molecule has 1 atom stereocenters. The molecule has 240 valence electrons. The zero-order valence-electron chi connectivity index (χ0n) is 22.6. The van der Waals surface area contributed by atoms with Crippen molar-refractivity contribution in [3.63, 3.8) is 0 Å². The van der Waals surface area contributed by atoms with Gasteiger partial charge in [-0.2, -0.15) is 13.2 Å². The maximum atomic E-state index is 14.6. The molecule has 4 aromatic rings. The van der Waals surface area contributed by atoms with Crippen molar-refractivity contribution in [2.75, 3.05) is 0 Å². The lowest BCUT2D eigenvalue weighted by Crippen LogP contribution is -2.24. The van der Waals surface area contributed by atoms with Gasteiger partial charge in [-0.05, 0) is 30.3 Å². The minimum atomic E-state index is -4.98. The highest BCUT2D eigenvalue weighted by molar-refractivity contribution is 5.92. The third-order valence-electron chi connectivity index (χ3n) is 5.87. The standard InChI is InChI=1S/C25H21F8N9O3/c26-16(5-6-41-12-20(37-39-41)23(44)36-10-17-2-1-15(9-34-17)24(28,29)30)11-42-13-21(38-40-42)22(43)35-8-14-7-18(3-4-19(14)27)45-25(31,32)33/h1-4,7,9,12-13,16H,5-6,8,10-11H2,(H,35,43)(H,36,44). The molecule has 45 heavy (non-hydrogen) atoms. The predicted molar refractivity (Wildman–Crippen MR) is 134 cm³/mol. The Morgan fingerprint density at radius 3 is 2.16 bits per heavy atom. The predicted octanol–water partition coefficient (Wildman–Crippen LogP) is 3.61. The summed E-state index contributed by atoms with van der Waals surface area (Å²) < 4.78 is 110. The quantitative estimate of drug-likeness (QED) is 0.222. The average molecular weight is 647 g/mol. The summed E-state index contributed by atoms with van der Waals surface area (Å²) in [6.07, 6.45) is -8.15. The van der Waals surface area contributed by atoms with Crippen molar-refractivity contribution in [2.24, 2.45) is 0 Å². The Bertz CT molecular complexity index is 1620. The van der Waals surface area contributed by atoms with E-state index in [1.165, 1.54) is 10.9 Å². The second kappa shape index (κ2) is 13.6. The summed E-state index contributed by atoms with van der Waals surface area (Å²) in [4.78, 5) is 28.3. The molecule has 12 nitrogen and oxygen atoms in total. The number of hydrogen-bond acceptors (Lipinski definition) is 8. The first kappa shape index (κ1) is 32.7. The molecule has 0 bridgehead atoms. The fourth-order valence-electron chi connectivity index (χ4n) is 3.68. The molecule has 4 rings (SSSR count). The maximum Gasteiger partial charge on any atom is 0.573 e. The Kier molecular flexibility index (Phi) is 9.92. The lowest BCUT2D eigenvalue weighted by Gasteiger charge is -2.11. The third kappa shape index (κ3) is 9.66. The largest absolute Gasteiger partial charge is 0.573 e. The SMILES string of the molecule is O=C(NCc1ccc(C(F)(F)F)cn1)c1cn(CCC(F)Cn2cc(C(=O)NCc3cc(OC(F)(F)F)ccc3F)nn2)nn1. The number of benzene rings is 1. The summed E-state index contributed by atoms with van der Waals surface area (Å²) in [7, 11) is 0. The summed E-state index contributed by atoms with van der Waals surface area (Å²) in [6.45, 7) is -1.00. The minimum absolute atomic E-state index is 0.00731. The van der Waals surface area contributed by atoms with Gasteiger partial charge in [0.1, 0.15) is 17.7 Å². The van der Waals surface area contributed by atoms with Crippen LogP contribution < -0.4 is 15.4 Å². The van der Waals surface area contributed by atoms with Crippen LogP contribution in [0.25, 0.3) is 0 Å². The first-order chi connectivity index (χ1) is 21.2. The molecule has 20 heteroatoms. The number of hydrogen-bond donors (Lipinski definition) is 2. The molecule has 1 unspecified atom stereocenters. The van der Waals surface area contributed by atoms with E-state index >= 15 is 0 Å². The number of carbonyl (C=O) groups is 2. The second-order valence-corrected chi connectivity index (χ2v) is 9.28. The number of aromatic nitrogens is 7. The maximum absolute atomic E-state index is 14.6. The number of carbonyl (C=O) groups excluding carboxylic acids is 2. The van der Waals surface area contributed by atoms with Crippen molar-refractivity contribution in [1.82, 2.24) is 45.6 Å². The molecule has 0 fully saturated rings. The summed E-state index contributed by atoms with van der Waals surface area (Å²) in [5, 5.41) is 19.4. The van der Waals surface area contributed by atoms with Crippen LogP contribution in [0, 0.1) is 5.82 Å². The Morgan fingerprint density at radius 1 is 0.889 bits per heavy atom. The highest BCUT2D eigenvalue weighted by Gasteiger charge is 2.32. The van der Waals surface area contributed by atoms with Gasteiger partial charge in [-0.25, -0.2) is 13.5 Å². The van der Waals surface area contributed by atoms with Crippen molar-refractivity contribution >= 4 is 11.8 Å². The fourth-order valence-corrected chi connectivity index (χ4v) is 3.68. The van der Waals surface area contributed by atoms with E-state index in [0.717, 1.165) is 41.2 Å². The van der Waals surface area contributed by atoms with E-state index < -0.39 is 54.2 Å². The number of pyridine rings is 1. The molecule has 3 heterocycles.